The van der Waals surface area contributed by atoms with Crippen molar-refractivity contribution in [2.45, 2.75) is 13.0 Å². The molecule has 2 amide bonds. The predicted molar refractivity (Wildman–Crippen MR) is 131 cm³/mol. The molecule has 0 unspecified atom stereocenters. The second-order valence-corrected chi connectivity index (χ2v) is 7.51. The van der Waals surface area contributed by atoms with Gasteiger partial charge in [-0.05, 0) is 55.0 Å². The molecule has 33 heavy (non-hydrogen) atoms. The minimum atomic E-state index is -0.710. The molecule has 2 N–H and O–H groups in total. The van der Waals surface area contributed by atoms with Crippen LogP contribution in [-0.2, 0) is 4.79 Å². The van der Waals surface area contributed by atoms with Crippen LogP contribution in [0.3, 0.4) is 0 Å². The number of benzene rings is 4. The van der Waals surface area contributed by atoms with Crippen LogP contribution in [0.2, 0.25) is 0 Å². The van der Waals surface area contributed by atoms with Crippen LogP contribution in [0.5, 0.6) is 5.75 Å². The third-order valence-corrected chi connectivity index (χ3v) is 5.10. The molecule has 4 aromatic carbocycles. The summed E-state index contributed by atoms with van der Waals surface area (Å²) in [5.41, 5.74) is 3.92. The van der Waals surface area contributed by atoms with Crippen LogP contribution in [0, 0.1) is 0 Å². The molecule has 0 aliphatic rings. The smallest absolute Gasteiger partial charge is 0.265 e. The lowest BCUT2D eigenvalue weighted by atomic mass is 10.0. The Hall–Kier alpha value is -4.38. The van der Waals surface area contributed by atoms with Gasteiger partial charge >= 0.3 is 0 Å². The van der Waals surface area contributed by atoms with Crippen molar-refractivity contribution in [3.8, 4) is 16.9 Å². The number of carbonyl (C=O) groups is 2. The van der Waals surface area contributed by atoms with E-state index in [1.165, 1.54) is 0 Å². The number of carbonyl (C=O) groups excluding carboxylic acids is 2. The highest BCUT2D eigenvalue weighted by molar-refractivity contribution is 6.04. The molecule has 0 aliphatic carbocycles. The fourth-order valence-corrected chi connectivity index (χ4v) is 3.36. The summed E-state index contributed by atoms with van der Waals surface area (Å²) in [5.74, 6) is 0.0978. The van der Waals surface area contributed by atoms with E-state index in [-0.39, 0.29) is 11.8 Å². The van der Waals surface area contributed by atoms with Gasteiger partial charge < -0.3 is 15.4 Å². The highest BCUT2D eigenvalue weighted by Crippen LogP contribution is 2.28. The van der Waals surface area contributed by atoms with Gasteiger partial charge in [-0.3, -0.25) is 9.59 Å². The summed E-state index contributed by atoms with van der Waals surface area (Å²) in [6.07, 6.45) is -0.710. The fourth-order valence-electron chi connectivity index (χ4n) is 3.36. The molecular formula is C28H24N2O3. The average Bonchev–Trinajstić information content (AvgIpc) is 2.86. The van der Waals surface area contributed by atoms with Crippen molar-refractivity contribution in [1.82, 2.24) is 0 Å². The number of nitrogens with one attached hydrogen (secondary N) is 2. The Morgan fingerprint density at radius 1 is 0.697 bits per heavy atom. The van der Waals surface area contributed by atoms with Gasteiger partial charge in [-0.1, -0.05) is 66.7 Å². The Morgan fingerprint density at radius 2 is 1.30 bits per heavy atom. The van der Waals surface area contributed by atoms with E-state index in [2.05, 4.69) is 10.6 Å². The van der Waals surface area contributed by atoms with Crippen LogP contribution in [0.1, 0.15) is 17.3 Å². The van der Waals surface area contributed by atoms with Crippen molar-refractivity contribution < 1.29 is 14.3 Å². The lowest BCUT2D eigenvalue weighted by molar-refractivity contribution is -0.122. The van der Waals surface area contributed by atoms with E-state index in [0.717, 1.165) is 16.8 Å². The van der Waals surface area contributed by atoms with Gasteiger partial charge in [0.1, 0.15) is 5.75 Å². The lowest BCUT2D eigenvalue weighted by Gasteiger charge is -2.17. The van der Waals surface area contributed by atoms with Crippen LogP contribution >= 0.6 is 0 Å². The summed E-state index contributed by atoms with van der Waals surface area (Å²) in [6.45, 7) is 1.70. The molecule has 5 heteroatoms. The van der Waals surface area contributed by atoms with Crippen molar-refractivity contribution in [1.29, 1.82) is 0 Å². The number of para-hydroxylation sites is 1. The molecule has 0 aromatic heterocycles. The van der Waals surface area contributed by atoms with E-state index in [4.69, 9.17) is 4.74 Å². The van der Waals surface area contributed by atoms with E-state index >= 15 is 0 Å². The van der Waals surface area contributed by atoms with Crippen LogP contribution < -0.4 is 15.4 Å². The van der Waals surface area contributed by atoms with Gasteiger partial charge in [-0.15, -0.1) is 0 Å². The molecule has 0 aliphatic heterocycles. The SMILES string of the molecule is C[C@H](Oc1ccc(NC(=O)c2ccccc2)cc1)C(=O)Nc1ccccc1-c1ccccc1. The summed E-state index contributed by atoms with van der Waals surface area (Å²) >= 11 is 0. The number of ether oxygens (including phenoxy) is 1. The van der Waals surface area contributed by atoms with Crippen molar-refractivity contribution in [3.63, 3.8) is 0 Å². The molecule has 0 saturated carbocycles. The number of hydrogen-bond donors (Lipinski definition) is 2. The van der Waals surface area contributed by atoms with Gasteiger partial charge in [0.05, 0.1) is 0 Å². The highest BCUT2D eigenvalue weighted by atomic mass is 16.5. The lowest BCUT2D eigenvalue weighted by Crippen LogP contribution is -2.30. The zero-order valence-corrected chi connectivity index (χ0v) is 18.2. The monoisotopic (exact) mass is 436 g/mol. The van der Waals surface area contributed by atoms with Gasteiger partial charge in [0, 0.05) is 22.5 Å². The minimum absolute atomic E-state index is 0.186. The molecule has 4 aromatic rings. The first-order chi connectivity index (χ1) is 16.1. The number of amides is 2. The van der Waals surface area contributed by atoms with Crippen LogP contribution in [0.4, 0.5) is 11.4 Å². The molecular weight excluding hydrogens is 412 g/mol. The standard InChI is InChI=1S/C28H24N2O3/c1-20(27(31)30-26-15-9-8-14-25(26)21-10-4-2-5-11-21)33-24-18-16-23(17-19-24)29-28(32)22-12-6-3-7-13-22/h2-20H,1H3,(H,29,32)(H,30,31)/t20-/m0/s1. The van der Waals surface area contributed by atoms with Crippen molar-refractivity contribution >= 4 is 23.2 Å². The van der Waals surface area contributed by atoms with Gasteiger partial charge in [0.25, 0.3) is 11.8 Å². The molecule has 0 fully saturated rings. The first-order valence-corrected chi connectivity index (χ1v) is 10.7. The molecule has 5 nitrogen and oxygen atoms in total. The Balaban J connectivity index is 1.37. The Bertz CT molecular complexity index is 1220. The van der Waals surface area contributed by atoms with Crippen LogP contribution in [0.15, 0.2) is 109 Å². The molecule has 0 spiro atoms. The fraction of sp³-hybridized carbons (Fsp3) is 0.0714. The average molecular weight is 437 g/mol. The summed E-state index contributed by atoms with van der Waals surface area (Å²) in [4.78, 5) is 25.1. The zero-order valence-electron chi connectivity index (χ0n) is 18.2. The largest absolute Gasteiger partial charge is 0.481 e. The first-order valence-electron chi connectivity index (χ1n) is 10.7. The summed E-state index contributed by atoms with van der Waals surface area (Å²) < 4.78 is 5.81. The Kier molecular flexibility index (Phi) is 6.81. The molecule has 0 bridgehead atoms. The number of anilines is 2. The van der Waals surface area contributed by atoms with Gasteiger partial charge in [-0.25, -0.2) is 0 Å². The first kappa shape index (κ1) is 21.8. The second kappa shape index (κ2) is 10.3. The van der Waals surface area contributed by atoms with E-state index < -0.39 is 6.10 Å². The molecule has 0 heterocycles. The van der Waals surface area contributed by atoms with Crippen molar-refractivity contribution in [3.05, 3.63) is 115 Å². The van der Waals surface area contributed by atoms with Crippen LogP contribution in [0.25, 0.3) is 11.1 Å². The zero-order chi connectivity index (χ0) is 23.0. The second-order valence-electron chi connectivity index (χ2n) is 7.51. The normalized spacial score (nSPS) is 11.3. The van der Waals surface area contributed by atoms with Crippen LogP contribution in [-0.4, -0.2) is 17.9 Å². The summed E-state index contributed by atoms with van der Waals surface area (Å²) in [7, 11) is 0. The van der Waals surface area contributed by atoms with Gasteiger partial charge in [0.2, 0.25) is 0 Å². The van der Waals surface area contributed by atoms with E-state index in [1.807, 2.05) is 72.8 Å². The minimum Gasteiger partial charge on any atom is -0.481 e. The third kappa shape index (κ3) is 5.66. The molecule has 0 saturated heterocycles. The van der Waals surface area contributed by atoms with E-state index in [9.17, 15) is 9.59 Å². The summed E-state index contributed by atoms with van der Waals surface area (Å²) in [6, 6.07) is 33.5. The third-order valence-electron chi connectivity index (χ3n) is 5.10. The van der Waals surface area contributed by atoms with Gasteiger partial charge in [0.15, 0.2) is 6.10 Å². The molecule has 4 rings (SSSR count). The number of hydrogen-bond acceptors (Lipinski definition) is 3. The topological polar surface area (TPSA) is 67.4 Å². The van der Waals surface area contributed by atoms with Gasteiger partial charge in [-0.2, -0.15) is 0 Å². The number of rotatable bonds is 7. The predicted octanol–water partition coefficient (Wildman–Crippen LogP) is 6.01. The maximum atomic E-state index is 12.8. The molecule has 0 radical (unpaired) electrons. The van der Waals surface area contributed by atoms with Crippen molar-refractivity contribution in [2.75, 3.05) is 10.6 Å². The Labute approximate surface area is 193 Å². The maximum absolute atomic E-state index is 12.8. The maximum Gasteiger partial charge on any atom is 0.265 e. The molecule has 164 valence electrons. The van der Waals surface area contributed by atoms with E-state index in [1.54, 1.807) is 43.3 Å². The highest BCUT2D eigenvalue weighted by Gasteiger charge is 2.17. The van der Waals surface area contributed by atoms with Crippen molar-refractivity contribution in [2.24, 2.45) is 0 Å². The Morgan fingerprint density at radius 3 is 2.00 bits per heavy atom. The quantitative estimate of drug-likeness (QED) is 0.373. The molecule has 1 atom stereocenters. The van der Waals surface area contributed by atoms with E-state index in [0.29, 0.717) is 17.0 Å². The summed E-state index contributed by atoms with van der Waals surface area (Å²) in [5, 5.41) is 5.81.